The van der Waals surface area contributed by atoms with Crippen LogP contribution in [0.25, 0.3) is 121 Å². The number of aromatic nitrogens is 4. The highest BCUT2D eigenvalue weighted by Gasteiger charge is 2.36. The molecule has 258 valence electrons. The molecule has 0 aliphatic heterocycles. The van der Waals surface area contributed by atoms with Gasteiger partial charge in [0.15, 0.2) is 0 Å². The monoisotopic (exact) mass is 702 g/mol. The SMILES string of the molecule is Cn1c(-c2ccc3c(c2)C(C)(C)c2cc(-c4nc5c6cccc7ccc8cccc(c8c76)c5n4C)ccc2-3)nc2c3cccc4ccc5cccc(c5c43)c21. The molecule has 2 heterocycles. The van der Waals surface area contributed by atoms with E-state index >= 15 is 0 Å². The second kappa shape index (κ2) is 9.85. The molecule has 4 nitrogen and oxygen atoms in total. The van der Waals surface area contributed by atoms with E-state index in [1.54, 1.807) is 0 Å². The Balaban J connectivity index is 0.979. The quantitative estimate of drug-likeness (QED) is 0.168. The Kier molecular flexibility index (Phi) is 5.31. The number of nitrogens with zero attached hydrogens (tertiary/aromatic N) is 4. The van der Waals surface area contributed by atoms with E-state index in [0.29, 0.717) is 0 Å². The number of rotatable bonds is 2. The smallest absolute Gasteiger partial charge is 0.140 e. The molecule has 1 aliphatic carbocycles. The fourth-order valence-corrected chi connectivity index (χ4v) is 10.6. The number of benzene rings is 10. The lowest BCUT2D eigenvalue weighted by molar-refractivity contribution is 0.660. The lowest BCUT2D eigenvalue weighted by Gasteiger charge is -2.22. The van der Waals surface area contributed by atoms with Crippen molar-refractivity contribution in [2.75, 3.05) is 0 Å². The summed E-state index contributed by atoms with van der Waals surface area (Å²) in [6.07, 6.45) is 0. The molecule has 0 radical (unpaired) electrons. The van der Waals surface area contributed by atoms with Crippen LogP contribution in [0.5, 0.6) is 0 Å². The van der Waals surface area contributed by atoms with Gasteiger partial charge < -0.3 is 9.13 Å². The molecule has 55 heavy (non-hydrogen) atoms. The first-order valence-electron chi connectivity index (χ1n) is 19.2. The number of imidazole rings is 2. The first kappa shape index (κ1) is 29.6. The molecule has 4 heteroatoms. The average molecular weight is 703 g/mol. The minimum atomic E-state index is -0.215. The molecule has 0 saturated heterocycles. The van der Waals surface area contributed by atoms with E-state index in [1.807, 2.05) is 0 Å². The molecular formula is C51H34N4. The summed E-state index contributed by atoms with van der Waals surface area (Å²) in [5.41, 5.74) is 11.8. The molecule has 10 aromatic carbocycles. The zero-order chi connectivity index (χ0) is 36.5. The van der Waals surface area contributed by atoms with Gasteiger partial charge >= 0.3 is 0 Å². The Hall–Kier alpha value is -6.78. The third-order valence-corrected chi connectivity index (χ3v) is 13.2. The van der Waals surface area contributed by atoms with Gasteiger partial charge in [-0.05, 0) is 77.5 Å². The molecular weight excluding hydrogens is 669 g/mol. The van der Waals surface area contributed by atoms with Gasteiger partial charge in [-0.1, -0.05) is 135 Å². The highest BCUT2D eigenvalue weighted by atomic mass is 15.1. The third-order valence-electron chi connectivity index (χ3n) is 13.2. The normalized spacial score (nSPS) is 14.0. The van der Waals surface area contributed by atoms with Gasteiger partial charge in [0.05, 0.1) is 22.1 Å². The van der Waals surface area contributed by atoms with Crippen LogP contribution in [-0.4, -0.2) is 19.1 Å². The van der Waals surface area contributed by atoms with Crippen molar-refractivity contribution in [3.63, 3.8) is 0 Å². The fourth-order valence-electron chi connectivity index (χ4n) is 10.6. The molecule has 0 fully saturated rings. The fraction of sp³-hybridized carbons (Fsp3) is 0.0980. The maximum absolute atomic E-state index is 5.44. The molecule has 0 unspecified atom stereocenters. The van der Waals surface area contributed by atoms with Crippen molar-refractivity contribution in [1.82, 2.24) is 19.1 Å². The second-order valence-electron chi connectivity index (χ2n) is 16.3. The largest absolute Gasteiger partial charge is 0.327 e. The highest BCUT2D eigenvalue weighted by Crippen LogP contribution is 2.51. The van der Waals surface area contributed by atoms with Gasteiger partial charge in [-0.15, -0.1) is 0 Å². The number of hydrogen-bond donors (Lipinski definition) is 0. The summed E-state index contributed by atoms with van der Waals surface area (Å²) >= 11 is 0. The molecule has 0 atom stereocenters. The molecule has 12 aromatic rings. The molecule has 0 bridgehead atoms. The Morgan fingerprint density at radius 3 is 1.18 bits per heavy atom. The van der Waals surface area contributed by atoms with Crippen LogP contribution >= 0.6 is 0 Å². The molecule has 0 N–H and O–H groups in total. The van der Waals surface area contributed by atoms with Crippen molar-refractivity contribution in [3.05, 3.63) is 145 Å². The summed E-state index contributed by atoms with van der Waals surface area (Å²) in [6, 6.07) is 49.5. The van der Waals surface area contributed by atoms with Crippen LogP contribution in [-0.2, 0) is 19.5 Å². The van der Waals surface area contributed by atoms with E-state index in [0.717, 1.165) is 33.8 Å². The van der Waals surface area contributed by atoms with Gasteiger partial charge in [0.25, 0.3) is 0 Å². The minimum absolute atomic E-state index is 0.215. The van der Waals surface area contributed by atoms with Gasteiger partial charge in [0.2, 0.25) is 0 Å². The van der Waals surface area contributed by atoms with Crippen LogP contribution < -0.4 is 0 Å². The Bertz CT molecular complexity index is 3410. The zero-order valence-corrected chi connectivity index (χ0v) is 31.0. The second-order valence-corrected chi connectivity index (χ2v) is 16.3. The van der Waals surface area contributed by atoms with E-state index in [1.165, 1.54) is 97.9 Å². The molecule has 1 aliphatic rings. The standard InChI is InChI=1S/C51H34N4/c1-51(2)39-25-31(49-52-45-35-13-5-9-27-17-19-29-11-7-15-37(43(29)41(27)35)47(45)54(49)3)21-23-33(39)34-24-22-32(26-40(34)51)50-53-46-36-14-6-10-28-18-20-30-12-8-16-38(44(30)42(28)36)48(46)55(50)4/h5-26H,1-4H3. The van der Waals surface area contributed by atoms with Gasteiger partial charge in [0.1, 0.15) is 11.6 Å². The summed E-state index contributed by atoms with van der Waals surface area (Å²) in [6.45, 7) is 4.74. The Labute approximate surface area is 316 Å². The van der Waals surface area contributed by atoms with Gasteiger partial charge in [-0.3, -0.25) is 0 Å². The maximum Gasteiger partial charge on any atom is 0.140 e. The summed E-state index contributed by atoms with van der Waals surface area (Å²) in [7, 11) is 4.36. The van der Waals surface area contributed by atoms with Crippen LogP contribution in [0.3, 0.4) is 0 Å². The molecule has 0 amide bonds. The van der Waals surface area contributed by atoms with Crippen molar-refractivity contribution < 1.29 is 0 Å². The Morgan fingerprint density at radius 2 is 0.782 bits per heavy atom. The molecule has 13 rings (SSSR count). The third kappa shape index (κ3) is 3.54. The van der Waals surface area contributed by atoms with Crippen LogP contribution in [0, 0.1) is 0 Å². The highest BCUT2D eigenvalue weighted by molar-refractivity contribution is 6.34. The van der Waals surface area contributed by atoms with Crippen LogP contribution in [0.2, 0.25) is 0 Å². The number of aryl methyl sites for hydroxylation is 2. The molecule has 0 spiro atoms. The van der Waals surface area contributed by atoms with E-state index in [2.05, 4.69) is 171 Å². The van der Waals surface area contributed by atoms with E-state index in [-0.39, 0.29) is 5.41 Å². The van der Waals surface area contributed by atoms with Crippen molar-refractivity contribution in [3.8, 4) is 33.9 Å². The zero-order valence-electron chi connectivity index (χ0n) is 31.0. The molecule has 0 saturated carbocycles. The van der Waals surface area contributed by atoms with Crippen molar-refractivity contribution >= 4 is 86.7 Å². The van der Waals surface area contributed by atoms with Gasteiger partial charge in [0, 0.05) is 52.2 Å². The van der Waals surface area contributed by atoms with E-state index in [4.69, 9.17) is 9.97 Å². The summed E-state index contributed by atoms with van der Waals surface area (Å²) in [5.74, 6) is 1.98. The van der Waals surface area contributed by atoms with Crippen LogP contribution in [0.4, 0.5) is 0 Å². The van der Waals surface area contributed by atoms with Crippen molar-refractivity contribution in [2.45, 2.75) is 19.3 Å². The lowest BCUT2D eigenvalue weighted by Crippen LogP contribution is -2.15. The summed E-state index contributed by atoms with van der Waals surface area (Å²) < 4.78 is 4.63. The van der Waals surface area contributed by atoms with Crippen LogP contribution in [0.15, 0.2) is 133 Å². The van der Waals surface area contributed by atoms with Gasteiger partial charge in [-0.25, -0.2) is 9.97 Å². The van der Waals surface area contributed by atoms with Crippen LogP contribution in [0.1, 0.15) is 25.0 Å². The van der Waals surface area contributed by atoms with Crippen molar-refractivity contribution in [1.29, 1.82) is 0 Å². The first-order chi connectivity index (χ1) is 26.9. The topological polar surface area (TPSA) is 35.6 Å². The number of fused-ring (bicyclic) bond motifs is 9. The predicted molar refractivity (Wildman–Crippen MR) is 231 cm³/mol. The van der Waals surface area contributed by atoms with Gasteiger partial charge in [-0.2, -0.15) is 0 Å². The maximum atomic E-state index is 5.44. The predicted octanol–water partition coefficient (Wildman–Crippen LogP) is 12.9. The summed E-state index contributed by atoms with van der Waals surface area (Å²) in [5, 5.41) is 15.3. The minimum Gasteiger partial charge on any atom is -0.327 e. The summed E-state index contributed by atoms with van der Waals surface area (Å²) in [4.78, 5) is 10.9. The first-order valence-corrected chi connectivity index (χ1v) is 19.2. The lowest BCUT2D eigenvalue weighted by atomic mass is 9.81. The Morgan fingerprint density at radius 1 is 0.418 bits per heavy atom. The molecule has 2 aromatic heterocycles. The van der Waals surface area contributed by atoms with Crippen molar-refractivity contribution in [2.24, 2.45) is 14.1 Å². The van der Waals surface area contributed by atoms with E-state index in [9.17, 15) is 0 Å². The number of hydrogen-bond acceptors (Lipinski definition) is 2. The average Bonchev–Trinajstić information content (AvgIpc) is 3.83. The van der Waals surface area contributed by atoms with E-state index < -0.39 is 0 Å².